The molecule has 1 saturated carbocycles. The SMILES string of the molecule is CC1Cn2ncc(-c3ccc(F)cc3F)c2CN1C(=O)NC1CCCC1. The minimum absolute atomic E-state index is 0.00489. The quantitative estimate of drug-likeness (QED) is 0.888. The molecule has 0 saturated heterocycles. The molecule has 1 aromatic heterocycles. The van der Waals surface area contributed by atoms with Gasteiger partial charge in [-0.25, -0.2) is 13.6 Å². The molecule has 4 rings (SSSR count). The van der Waals surface area contributed by atoms with E-state index in [4.69, 9.17) is 0 Å². The number of carbonyl (C=O) groups excluding carboxylic acids is 1. The zero-order valence-electron chi connectivity index (χ0n) is 14.7. The Bertz CT molecular complexity index is 829. The fourth-order valence-corrected chi connectivity index (χ4v) is 3.93. The van der Waals surface area contributed by atoms with E-state index in [1.165, 1.54) is 12.1 Å². The van der Waals surface area contributed by atoms with E-state index in [9.17, 15) is 13.6 Å². The van der Waals surface area contributed by atoms with Gasteiger partial charge < -0.3 is 10.2 Å². The van der Waals surface area contributed by atoms with Gasteiger partial charge in [-0.1, -0.05) is 12.8 Å². The third-order valence-corrected chi connectivity index (χ3v) is 5.40. The van der Waals surface area contributed by atoms with Gasteiger partial charge in [0.25, 0.3) is 0 Å². The van der Waals surface area contributed by atoms with Gasteiger partial charge in [-0.2, -0.15) is 5.10 Å². The van der Waals surface area contributed by atoms with Crippen LogP contribution in [0.2, 0.25) is 0 Å². The van der Waals surface area contributed by atoms with Gasteiger partial charge >= 0.3 is 6.03 Å². The molecule has 1 atom stereocenters. The van der Waals surface area contributed by atoms with Crippen molar-refractivity contribution in [2.24, 2.45) is 0 Å². The maximum Gasteiger partial charge on any atom is 0.318 e. The topological polar surface area (TPSA) is 50.2 Å². The van der Waals surface area contributed by atoms with Crippen LogP contribution in [0.1, 0.15) is 38.3 Å². The van der Waals surface area contributed by atoms with Gasteiger partial charge in [0.1, 0.15) is 11.6 Å². The number of hydrogen-bond donors (Lipinski definition) is 1. The predicted molar refractivity (Wildman–Crippen MR) is 93.4 cm³/mol. The van der Waals surface area contributed by atoms with Crippen LogP contribution < -0.4 is 5.32 Å². The number of carbonyl (C=O) groups is 1. The lowest BCUT2D eigenvalue weighted by Gasteiger charge is -2.35. The highest BCUT2D eigenvalue weighted by atomic mass is 19.1. The van der Waals surface area contributed by atoms with E-state index in [0.29, 0.717) is 24.2 Å². The number of amides is 2. The van der Waals surface area contributed by atoms with E-state index < -0.39 is 11.6 Å². The number of rotatable bonds is 2. The molecule has 1 aliphatic heterocycles. The van der Waals surface area contributed by atoms with Gasteiger partial charge in [0, 0.05) is 23.2 Å². The van der Waals surface area contributed by atoms with Crippen molar-refractivity contribution in [3.8, 4) is 11.1 Å². The van der Waals surface area contributed by atoms with Gasteiger partial charge in [0.15, 0.2) is 0 Å². The Hall–Kier alpha value is -2.44. The Kier molecular flexibility index (Phi) is 4.38. The van der Waals surface area contributed by atoms with E-state index in [1.54, 1.807) is 11.1 Å². The van der Waals surface area contributed by atoms with Crippen molar-refractivity contribution in [2.45, 2.75) is 57.8 Å². The molecule has 1 aliphatic carbocycles. The lowest BCUT2D eigenvalue weighted by Crippen LogP contribution is -2.51. The average molecular weight is 360 g/mol. The first-order valence-corrected chi connectivity index (χ1v) is 9.10. The number of aromatic nitrogens is 2. The average Bonchev–Trinajstić information content (AvgIpc) is 3.23. The zero-order chi connectivity index (χ0) is 18.3. The van der Waals surface area contributed by atoms with Crippen molar-refractivity contribution in [1.82, 2.24) is 20.0 Å². The van der Waals surface area contributed by atoms with Crippen LogP contribution in [0.15, 0.2) is 24.4 Å². The molecule has 2 amide bonds. The maximum atomic E-state index is 14.2. The van der Waals surface area contributed by atoms with E-state index in [-0.39, 0.29) is 18.1 Å². The standard InChI is InChI=1S/C19H22F2N4O/c1-12-10-25-18(11-24(12)19(26)23-14-4-2-3-5-14)16(9-22-25)15-7-6-13(20)8-17(15)21/h6-9,12,14H,2-5,10-11H2,1H3,(H,23,26). The smallest absolute Gasteiger partial charge is 0.318 e. The Morgan fingerprint density at radius 1 is 1.23 bits per heavy atom. The van der Waals surface area contributed by atoms with Crippen LogP contribution in [0.5, 0.6) is 0 Å². The number of halogens is 2. The molecule has 2 aromatic rings. The second-order valence-electron chi connectivity index (χ2n) is 7.22. The zero-order valence-corrected chi connectivity index (χ0v) is 14.7. The van der Waals surface area contributed by atoms with Gasteiger partial charge in [0.2, 0.25) is 0 Å². The maximum absolute atomic E-state index is 14.2. The molecule has 1 N–H and O–H groups in total. The summed E-state index contributed by atoms with van der Waals surface area (Å²) in [7, 11) is 0. The van der Waals surface area contributed by atoms with Crippen molar-refractivity contribution in [1.29, 1.82) is 0 Å². The molecule has 0 spiro atoms. The Morgan fingerprint density at radius 3 is 2.73 bits per heavy atom. The largest absolute Gasteiger partial charge is 0.335 e. The first-order chi connectivity index (χ1) is 12.5. The molecule has 0 radical (unpaired) electrons. The van der Waals surface area contributed by atoms with Gasteiger partial charge in [0.05, 0.1) is 31.0 Å². The summed E-state index contributed by atoms with van der Waals surface area (Å²) in [5.41, 5.74) is 1.68. The highest BCUT2D eigenvalue weighted by Gasteiger charge is 2.31. The minimum Gasteiger partial charge on any atom is -0.335 e. The molecule has 1 unspecified atom stereocenters. The predicted octanol–water partition coefficient (Wildman–Crippen LogP) is 3.68. The normalized spacial score (nSPS) is 20.3. The summed E-state index contributed by atoms with van der Waals surface area (Å²) in [4.78, 5) is 14.5. The molecule has 5 nitrogen and oxygen atoms in total. The van der Waals surface area contributed by atoms with Crippen molar-refractivity contribution in [2.75, 3.05) is 0 Å². The van der Waals surface area contributed by atoms with E-state index >= 15 is 0 Å². The molecule has 7 heteroatoms. The van der Waals surface area contributed by atoms with Gasteiger partial charge in [-0.15, -0.1) is 0 Å². The van der Waals surface area contributed by atoms with Crippen LogP contribution >= 0.6 is 0 Å². The van der Waals surface area contributed by atoms with Crippen molar-refractivity contribution in [3.05, 3.63) is 41.7 Å². The summed E-state index contributed by atoms with van der Waals surface area (Å²) >= 11 is 0. The van der Waals surface area contributed by atoms with Crippen molar-refractivity contribution < 1.29 is 13.6 Å². The fourth-order valence-electron chi connectivity index (χ4n) is 3.93. The second-order valence-corrected chi connectivity index (χ2v) is 7.22. The molecule has 0 bridgehead atoms. The highest BCUT2D eigenvalue weighted by molar-refractivity contribution is 5.76. The highest BCUT2D eigenvalue weighted by Crippen LogP contribution is 2.31. The number of nitrogens with one attached hydrogen (secondary N) is 1. The molecular formula is C19H22F2N4O. The van der Waals surface area contributed by atoms with Gasteiger partial charge in [-0.05, 0) is 31.9 Å². The van der Waals surface area contributed by atoms with Crippen LogP contribution in [0.4, 0.5) is 13.6 Å². The summed E-state index contributed by atoms with van der Waals surface area (Å²) in [5.74, 6) is -1.24. The van der Waals surface area contributed by atoms with Gasteiger partial charge in [-0.3, -0.25) is 4.68 Å². The van der Waals surface area contributed by atoms with Crippen LogP contribution in [-0.2, 0) is 13.1 Å². The molecule has 26 heavy (non-hydrogen) atoms. The minimum atomic E-state index is -0.624. The first-order valence-electron chi connectivity index (χ1n) is 9.10. The first kappa shape index (κ1) is 17.0. The summed E-state index contributed by atoms with van der Waals surface area (Å²) in [6.07, 6.45) is 5.95. The third kappa shape index (κ3) is 3.06. The number of hydrogen-bond acceptors (Lipinski definition) is 2. The van der Waals surface area contributed by atoms with Crippen LogP contribution in [0.25, 0.3) is 11.1 Å². The van der Waals surface area contributed by atoms with E-state index in [1.807, 2.05) is 11.6 Å². The summed E-state index contributed by atoms with van der Waals surface area (Å²) in [6.45, 7) is 2.89. The number of urea groups is 1. The molecule has 1 fully saturated rings. The van der Waals surface area contributed by atoms with Crippen LogP contribution in [0.3, 0.4) is 0 Å². The second kappa shape index (κ2) is 6.70. The summed E-state index contributed by atoms with van der Waals surface area (Å²) in [5, 5.41) is 7.46. The van der Waals surface area contributed by atoms with Crippen LogP contribution in [0, 0.1) is 11.6 Å². The molecule has 1 aromatic carbocycles. The van der Waals surface area contributed by atoms with Crippen molar-refractivity contribution in [3.63, 3.8) is 0 Å². The van der Waals surface area contributed by atoms with E-state index in [0.717, 1.165) is 37.4 Å². The van der Waals surface area contributed by atoms with Crippen molar-refractivity contribution >= 4 is 6.03 Å². The number of fused-ring (bicyclic) bond motifs is 1. The Morgan fingerprint density at radius 2 is 2.00 bits per heavy atom. The molecule has 138 valence electrons. The Balaban J connectivity index is 1.60. The lowest BCUT2D eigenvalue weighted by atomic mass is 10.0. The summed E-state index contributed by atoms with van der Waals surface area (Å²) < 4.78 is 29.2. The lowest BCUT2D eigenvalue weighted by molar-refractivity contribution is 0.147. The fraction of sp³-hybridized carbons (Fsp3) is 0.474. The van der Waals surface area contributed by atoms with Crippen LogP contribution in [-0.4, -0.2) is 32.8 Å². The van der Waals surface area contributed by atoms with E-state index in [2.05, 4.69) is 10.4 Å². The number of benzene rings is 1. The third-order valence-electron chi connectivity index (χ3n) is 5.40. The Labute approximate surface area is 151 Å². The molecule has 2 heterocycles. The molecular weight excluding hydrogens is 338 g/mol. The monoisotopic (exact) mass is 360 g/mol. The summed E-state index contributed by atoms with van der Waals surface area (Å²) in [6, 6.07) is 3.69. The number of nitrogens with zero attached hydrogens (tertiary/aromatic N) is 3. The molecule has 2 aliphatic rings.